The van der Waals surface area contributed by atoms with E-state index < -0.39 is 0 Å². The van der Waals surface area contributed by atoms with Crippen molar-refractivity contribution in [3.05, 3.63) is 21.9 Å². The second-order valence-corrected chi connectivity index (χ2v) is 4.44. The van der Waals surface area contributed by atoms with Crippen LogP contribution in [-0.2, 0) is 0 Å². The zero-order valence-corrected chi connectivity index (χ0v) is 8.97. The summed E-state index contributed by atoms with van der Waals surface area (Å²) in [5.41, 5.74) is 6.69. The molecule has 0 saturated carbocycles. The highest BCUT2D eigenvalue weighted by Crippen LogP contribution is 2.28. The van der Waals surface area contributed by atoms with Crippen molar-refractivity contribution in [3.63, 3.8) is 0 Å². The lowest BCUT2D eigenvalue weighted by Gasteiger charge is -2.14. The van der Waals surface area contributed by atoms with Gasteiger partial charge in [-0.1, -0.05) is 6.92 Å². The van der Waals surface area contributed by atoms with Crippen LogP contribution in [0.3, 0.4) is 0 Å². The van der Waals surface area contributed by atoms with Gasteiger partial charge in [-0.05, 0) is 36.3 Å². The Morgan fingerprint density at radius 2 is 2.31 bits per heavy atom. The van der Waals surface area contributed by atoms with Crippen molar-refractivity contribution in [1.29, 1.82) is 0 Å². The van der Waals surface area contributed by atoms with Crippen LogP contribution >= 0.6 is 11.3 Å². The summed E-state index contributed by atoms with van der Waals surface area (Å²) in [5, 5.41) is 11.5. The highest BCUT2D eigenvalue weighted by molar-refractivity contribution is 7.10. The first kappa shape index (κ1) is 10.7. The van der Waals surface area contributed by atoms with Crippen molar-refractivity contribution >= 4 is 11.3 Å². The van der Waals surface area contributed by atoms with Crippen LogP contribution in [0.15, 0.2) is 11.4 Å². The zero-order chi connectivity index (χ0) is 9.84. The van der Waals surface area contributed by atoms with Crippen molar-refractivity contribution in [2.75, 3.05) is 6.54 Å². The van der Waals surface area contributed by atoms with Gasteiger partial charge in [-0.3, -0.25) is 0 Å². The molecule has 0 amide bonds. The highest BCUT2D eigenvalue weighted by atomic mass is 32.1. The van der Waals surface area contributed by atoms with Gasteiger partial charge in [0.25, 0.3) is 0 Å². The fourth-order valence-corrected chi connectivity index (χ4v) is 2.50. The van der Waals surface area contributed by atoms with Gasteiger partial charge >= 0.3 is 0 Å². The first-order valence-corrected chi connectivity index (χ1v) is 5.45. The number of aryl methyl sites for hydroxylation is 1. The minimum absolute atomic E-state index is 0.356. The van der Waals surface area contributed by atoms with Crippen LogP contribution < -0.4 is 5.73 Å². The van der Waals surface area contributed by atoms with Gasteiger partial charge in [-0.25, -0.2) is 0 Å². The second-order valence-electron chi connectivity index (χ2n) is 3.49. The average molecular weight is 199 g/mol. The van der Waals surface area contributed by atoms with Crippen LogP contribution in [0.5, 0.6) is 0 Å². The number of rotatable bonds is 4. The largest absolute Gasteiger partial charge is 0.392 e. The summed E-state index contributed by atoms with van der Waals surface area (Å²) in [6.45, 7) is 4.60. The Bertz CT molecular complexity index is 259. The van der Waals surface area contributed by atoms with Gasteiger partial charge < -0.3 is 10.8 Å². The molecule has 0 aliphatic carbocycles. The maximum atomic E-state index is 9.40. The van der Waals surface area contributed by atoms with Crippen molar-refractivity contribution in [2.24, 2.45) is 5.73 Å². The SMILES string of the molecule is Cc1ccsc1C(C)CC(O)CN. The monoisotopic (exact) mass is 199 g/mol. The standard InChI is InChI=1S/C10H17NOS/c1-7-3-4-13-10(7)8(2)5-9(12)6-11/h3-4,8-9,12H,5-6,11H2,1-2H3. The van der Waals surface area contributed by atoms with E-state index in [0.717, 1.165) is 6.42 Å². The van der Waals surface area contributed by atoms with Crippen LogP contribution in [-0.4, -0.2) is 17.8 Å². The van der Waals surface area contributed by atoms with Crippen LogP contribution in [0.4, 0.5) is 0 Å². The van der Waals surface area contributed by atoms with E-state index in [1.54, 1.807) is 11.3 Å². The topological polar surface area (TPSA) is 46.2 Å². The quantitative estimate of drug-likeness (QED) is 0.777. The summed E-state index contributed by atoms with van der Waals surface area (Å²) in [5.74, 6) is 0.415. The molecule has 74 valence electrons. The fourth-order valence-electron chi connectivity index (χ4n) is 1.50. The first-order chi connectivity index (χ1) is 6.15. The lowest BCUT2D eigenvalue weighted by Crippen LogP contribution is -2.21. The Kier molecular flexibility index (Phi) is 3.90. The first-order valence-electron chi connectivity index (χ1n) is 4.57. The summed E-state index contributed by atoms with van der Waals surface area (Å²) in [4.78, 5) is 1.37. The van der Waals surface area contributed by atoms with Gasteiger partial charge in [0.1, 0.15) is 0 Å². The molecule has 0 radical (unpaired) electrons. The number of nitrogens with two attached hydrogens (primary N) is 1. The Morgan fingerprint density at radius 3 is 2.77 bits per heavy atom. The minimum atomic E-state index is -0.364. The van der Waals surface area contributed by atoms with Crippen molar-refractivity contribution in [1.82, 2.24) is 0 Å². The molecular formula is C10H17NOS. The van der Waals surface area contributed by atoms with Crippen LogP contribution in [0.1, 0.15) is 29.7 Å². The molecule has 0 spiro atoms. The molecule has 1 aromatic rings. The number of aliphatic hydroxyl groups excluding tert-OH is 1. The molecule has 0 aliphatic rings. The summed E-state index contributed by atoms with van der Waals surface area (Å²) >= 11 is 1.76. The molecule has 0 bridgehead atoms. The molecule has 2 atom stereocenters. The lowest BCUT2D eigenvalue weighted by molar-refractivity contribution is 0.165. The van der Waals surface area contributed by atoms with Gasteiger partial charge in [0.05, 0.1) is 6.10 Å². The predicted octanol–water partition coefficient (Wildman–Crippen LogP) is 1.87. The van der Waals surface area contributed by atoms with Gasteiger partial charge in [0.2, 0.25) is 0 Å². The van der Waals surface area contributed by atoms with Crippen molar-refractivity contribution in [2.45, 2.75) is 32.3 Å². The molecule has 0 fully saturated rings. The number of hydrogen-bond acceptors (Lipinski definition) is 3. The normalized spacial score (nSPS) is 15.7. The summed E-state index contributed by atoms with van der Waals surface area (Å²) in [7, 11) is 0. The van der Waals surface area contributed by atoms with E-state index in [4.69, 9.17) is 5.73 Å². The number of thiophene rings is 1. The van der Waals surface area contributed by atoms with Gasteiger partial charge in [0, 0.05) is 11.4 Å². The van der Waals surface area contributed by atoms with E-state index in [9.17, 15) is 5.11 Å². The Morgan fingerprint density at radius 1 is 1.62 bits per heavy atom. The summed E-state index contributed by atoms with van der Waals surface area (Å²) < 4.78 is 0. The van der Waals surface area contributed by atoms with E-state index in [1.807, 2.05) is 0 Å². The minimum Gasteiger partial charge on any atom is -0.392 e. The molecule has 0 aromatic carbocycles. The van der Waals surface area contributed by atoms with E-state index in [1.165, 1.54) is 10.4 Å². The average Bonchev–Trinajstić information content (AvgIpc) is 2.51. The Hall–Kier alpha value is -0.380. The summed E-state index contributed by atoms with van der Waals surface area (Å²) in [6.07, 6.45) is 0.397. The molecule has 1 rings (SSSR count). The van der Waals surface area contributed by atoms with Gasteiger partial charge in [-0.15, -0.1) is 11.3 Å². The summed E-state index contributed by atoms with van der Waals surface area (Å²) in [6, 6.07) is 2.12. The third-order valence-corrected chi connectivity index (χ3v) is 3.50. The molecule has 0 aliphatic heterocycles. The maximum absolute atomic E-state index is 9.40. The molecule has 2 unspecified atom stereocenters. The third kappa shape index (κ3) is 2.79. The van der Waals surface area contributed by atoms with E-state index in [2.05, 4.69) is 25.3 Å². The van der Waals surface area contributed by atoms with Gasteiger partial charge in [-0.2, -0.15) is 0 Å². The molecule has 0 saturated heterocycles. The Labute approximate surface area is 83.4 Å². The van der Waals surface area contributed by atoms with E-state index >= 15 is 0 Å². The maximum Gasteiger partial charge on any atom is 0.0668 e. The lowest BCUT2D eigenvalue weighted by atomic mass is 10.00. The predicted molar refractivity (Wildman–Crippen MR) is 57.1 cm³/mol. The third-order valence-electron chi connectivity index (χ3n) is 2.25. The fraction of sp³-hybridized carbons (Fsp3) is 0.600. The molecule has 1 heterocycles. The van der Waals surface area contributed by atoms with Crippen LogP contribution in [0.25, 0.3) is 0 Å². The van der Waals surface area contributed by atoms with E-state index in [-0.39, 0.29) is 6.10 Å². The highest BCUT2D eigenvalue weighted by Gasteiger charge is 2.13. The molecular weight excluding hydrogens is 182 g/mol. The molecule has 13 heavy (non-hydrogen) atoms. The van der Waals surface area contributed by atoms with Crippen molar-refractivity contribution in [3.8, 4) is 0 Å². The molecule has 2 nitrogen and oxygen atoms in total. The molecule has 3 N–H and O–H groups in total. The van der Waals surface area contributed by atoms with Crippen LogP contribution in [0, 0.1) is 6.92 Å². The Balaban J connectivity index is 2.58. The second kappa shape index (κ2) is 4.74. The smallest absolute Gasteiger partial charge is 0.0668 e. The molecule has 1 aromatic heterocycles. The van der Waals surface area contributed by atoms with Crippen LogP contribution in [0.2, 0.25) is 0 Å². The van der Waals surface area contributed by atoms with Crippen molar-refractivity contribution < 1.29 is 5.11 Å². The number of hydrogen-bond donors (Lipinski definition) is 2. The molecule has 3 heteroatoms. The van der Waals surface area contributed by atoms with Gasteiger partial charge in [0.15, 0.2) is 0 Å². The number of aliphatic hydroxyl groups is 1. The van der Waals surface area contributed by atoms with E-state index in [0.29, 0.717) is 12.5 Å². The zero-order valence-electron chi connectivity index (χ0n) is 8.16.